The van der Waals surface area contributed by atoms with Crippen molar-refractivity contribution in [3.05, 3.63) is 5.01 Å². The Bertz CT molecular complexity index is 395. The third-order valence-electron chi connectivity index (χ3n) is 2.84. The molecule has 1 saturated heterocycles. The molecule has 0 aromatic carbocycles. The molecule has 0 spiro atoms. The topological polar surface area (TPSA) is 96.2 Å². The summed E-state index contributed by atoms with van der Waals surface area (Å²) in [7, 11) is 1.67. The van der Waals surface area contributed by atoms with Gasteiger partial charge in [0.25, 0.3) is 0 Å². The summed E-state index contributed by atoms with van der Waals surface area (Å²) in [6.07, 6.45) is 1.94. The zero-order chi connectivity index (χ0) is 12.3. The van der Waals surface area contributed by atoms with Crippen molar-refractivity contribution in [1.82, 2.24) is 20.4 Å². The van der Waals surface area contributed by atoms with Gasteiger partial charge in [-0.1, -0.05) is 11.3 Å². The van der Waals surface area contributed by atoms with Crippen molar-refractivity contribution in [2.45, 2.75) is 25.4 Å². The van der Waals surface area contributed by atoms with Gasteiger partial charge in [-0.2, -0.15) is 0 Å². The molecule has 8 heteroatoms. The van der Waals surface area contributed by atoms with Crippen molar-refractivity contribution in [1.29, 1.82) is 0 Å². The zero-order valence-electron chi connectivity index (χ0n) is 9.64. The molecular weight excluding hydrogens is 240 g/mol. The van der Waals surface area contributed by atoms with Crippen LogP contribution in [0.3, 0.4) is 0 Å². The average Bonchev–Trinajstić information content (AvgIpc) is 2.97. The van der Waals surface area contributed by atoms with Crippen LogP contribution in [0, 0.1) is 0 Å². The molecule has 94 valence electrons. The molecule has 7 nitrogen and oxygen atoms in total. The van der Waals surface area contributed by atoms with E-state index in [1.807, 2.05) is 0 Å². The summed E-state index contributed by atoms with van der Waals surface area (Å²) in [5.41, 5.74) is 2.46. The molecule has 0 bridgehead atoms. The van der Waals surface area contributed by atoms with Crippen LogP contribution in [0.25, 0.3) is 0 Å². The van der Waals surface area contributed by atoms with Gasteiger partial charge in [0, 0.05) is 7.05 Å². The molecule has 2 rings (SSSR count). The van der Waals surface area contributed by atoms with Gasteiger partial charge in [0.2, 0.25) is 11.0 Å². The molecule has 1 unspecified atom stereocenters. The Morgan fingerprint density at radius 3 is 3.12 bits per heavy atom. The van der Waals surface area contributed by atoms with E-state index in [-0.39, 0.29) is 11.9 Å². The molecule has 1 aliphatic heterocycles. The number of hydrogen-bond donors (Lipinski definition) is 3. The standard InChI is InChI=1S/C9H16N6OS/c1-11-8(16)6-3-2-4-15(6)5-7-13-14-9(12-10)17-7/h6H,2-5,10H2,1H3,(H,11,16)(H,12,14). The summed E-state index contributed by atoms with van der Waals surface area (Å²) < 4.78 is 0. The highest BCUT2D eigenvalue weighted by Gasteiger charge is 2.30. The second-order valence-corrected chi connectivity index (χ2v) is 4.95. The third kappa shape index (κ3) is 2.71. The van der Waals surface area contributed by atoms with Crippen LogP contribution in [0.1, 0.15) is 17.8 Å². The van der Waals surface area contributed by atoms with E-state index >= 15 is 0 Å². The minimum absolute atomic E-state index is 0.0433. The van der Waals surface area contributed by atoms with Gasteiger partial charge in [-0.25, -0.2) is 5.84 Å². The Morgan fingerprint density at radius 2 is 2.47 bits per heavy atom. The van der Waals surface area contributed by atoms with Crippen molar-refractivity contribution in [2.75, 3.05) is 19.0 Å². The van der Waals surface area contributed by atoms with Crippen LogP contribution in [-0.4, -0.2) is 40.6 Å². The lowest BCUT2D eigenvalue weighted by Crippen LogP contribution is -2.41. The first-order chi connectivity index (χ1) is 8.24. The number of hydrazine groups is 1. The van der Waals surface area contributed by atoms with Gasteiger partial charge in [-0.3, -0.25) is 15.1 Å². The smallest absolute Gasteiger partial charge is 0.237 e. The largest absolute Gasteiger partial charge is 0.358 e. The number of anilines is 1. The SMILES string of the molecule is CNC(=O)C1CCCN1Cc1nnc(NN)s1. The first kappa shape index (κ1) is 12.2. The van der Waals surface area contributed by atoms with Gasteiger partial charge in [-0.05, 0) is 19.4 Å². The fraction of sp³-hybridized carbons (Fsp3) is 0.667. The first-order valence-corrected chi connectivity index (χ1v) is 6.31. The maximum Gasteiger partial charge on any atom is 0.237 e. The number of hydrogen-bond acceptors (Lipinski definition) is 7. The average molecular weight is 256 g/mol. The van der Waals surface area contributed by atoms with Crippen LogP contribution >= 0.6 is 11.3 Å². The number of nitrogens with one attached hydrogen (secondary N) is 2. The normalized spacial score (nSPS) is 20.5. The van der Waals surface area contributed by atoms with Crippen LogP contribution in [0.2, 0.25) is 0 Å². The number of carbonyl (C=O) groups excluding carboxylic acids is 1. The van der Waals surface area contributed by atoms with E-state index in [4.69, 9.17) is 5.84 Å². The van der Waals surface area contributed by atoms with Gasteiger partial charge in [0.1, 0.15) is 5.01 Å². The fourth-order valence-electron chi connectivity index (χ4n) is 2.03. The molecule has 1 aromatic heterocycles. The second-order valence-electron chi connectivity index (χ2n) is 3.89. The minimum Gasteiger partial charge on any atom is -0.358 e. The summed E-state index contributed by atoms with van der Waals surface area (Å²) in [4.78, 5) is 13.8. The fourth-order valence-corrected chi connectivity index (χ4v) is 2.70. The highest BCUT2D eigenvalue weighted by Crippen LogP contribution is 2.22. The lowest BCUT2D eigenvalue weighted by molar-refractivity contribution is -0.125. The van der Waals surface area contributed by atoms with Gasteiger partial charge in [-0.15, -0.1) is 10.2 Å². The number of likely N-dealkylation sites (tertiary alicyclic amines) is 1. The minimum atomic E-state index is -0.0433. The van der Waals surface area contributed by atoms with Gasteiger partial charge in [0.05, 0.1) is 12.6 Å². The lowest BCUT2D eigenvalue weighted by Gasteiger charge is -2.21. The Labute approximate surface area is 103 Å². The number of nitrogens with zero attached hydrogens (tertiary/aromatic N) is 3. The number of carbonyl (C=O) groups is 1. The van der Waals surface area contributed by atoms with E-state index in [0.717, 1.165) is 24.4 Å². The quantitative estimate of drug-likeness (QED) is 0.498. The van der Waals surface area contributed by atoms with Gasteiger partial charge < -0.3 is 5.32 Å². The molecule has 1 aromatic rings. The lowest BCUT2D eigenvalue weighted by atomic mass is 10.2. The Kier molecular flexibility index (Phi) is 3.87. The van der Waals surface area contributed by atoms with Crippen LogP contribution in [0.5, 0.6) is 0 Å². The molecule has 4 N–H and O–H groups in total. The molecule has 1 aliphatic rings. The molecule has 1 fully saturated rings. The van der Waals surface area contributed by atoms with Crippen molar-refractivity contribution in [3.8, 4) is 0 Å². The van der Waals surface area contributed by atoms with Crippen molar-refractivity contribution in [3.63, 3.8) is 0 Å². The monoisotopic (exact) mass is 256 g/mol. The van der Waals surface area contributed by atoms with Crippen LogP contribution in [0.4, 0.5) is 5.13 Å². The third-order valence-corrected chi connectivity index (χ3v) is 3.68. The second kappa shape index (κ2) is 5.39. The predicted molar refractivity (Wildman–Crippen MR) is 65.2 cm³/mol. The molecule has 0 aliphatic carbocycles. The summed E-state index contributed by atoms with van der Waals surface area (Å²) >= 11 is 1.41. The maximum absolute atomic E-state index is 11.7. The number of rotatable bonds is 4. The number of nitrogen functional groups attached to an aromatic ring is 1. The Morgan fingerprint density at radius 1 is 1.65 bits per heavy atom. The number of aromatic nitrogens is 2. The molecule has 1 amide bonds. The Balaban J connectivity index is 2.00. The van der Waals surface area contributed by atoms with E-state index in [9.17, 15) is 4.79 Å². The molecule has 1 atom stereocenters. The maximum atomic E-state index is 11.7. The Hall–Kier alpha value is -1.25. The van der Waals surface area contributed by atoms with E-state index in [0.29, 0.717) is 11.7 Å². The molecule has 17 heavy (non-hydrogen) atoms. The number of amides is 1. The van der Waals surface area contributed by atoms with E-state index < -0.39 is 0 Å². The number of likely N-dealkylation sites (N-methyl/N-ethyl adjacent to an activating group) is 1. The summed E-state index contributed by atoms with van der Waals surface area (Å²) in [6, 6.07) is -0.0433. The van der Waals surface area contributed by atoms with Crippen molar-refractivity contribution >= 4 is 22.4 Å². The summed E-state index contributed by atoms with van der Waals surface area (Å²) in [5, 5.41) is 12.1. The predicted octanol–water partition coefficient (Wildman–Crippen LogP) is -0.466. The van der Waals surface area contributed by atoms with Crippen LogP contribution < -0.4 is 16.6 Å². The highest BCUT2D eigenvalue weighted by atomic mass is 32.1. The van der Waals surface area contributed by atoms with E-state index in [1.165, 1.54) is 11.3 Å². The number of nitrogens with two attached hydrogens (primary N) is 1. The molecule has 2 heterocycles. The van der Waals surface area contributed by atoms with Crippen molar-refractivity contribution < 1.29 is 4.79 Å². The summed E-state index contributed by atoms with van der Waals surface area (Å²) in [5.74, 6) is 5.32. The molecule has 0 saturated carbocycles. The van der Waals surface area contributed by atoms with Gasteiger partial charge in [0.15, 0.2) is 0 Å². The zero-order valence-corrected chi connectivity index (χ0v) is 10.5. The van der Waals surface area contributed by atoms with Gasteiger partial charge >= 0.3 is 0 Å². The summed E-state index contributed by atoms with van der Waals surface area (Å²) in [6.45, 7) is 1.57. The van der Waals surface area contributed by atoms with E-state index in [1.54, 1.807) is 7.05 Å². The molecule has 0 radical (unpaired) electrons. The van der Waals surface area contributed by atoms with E-state index in [2.05, 4.69) is 25.8 Å². The molecular formula is C9H16N6OS. The van der Waals surface area contributed by atoms with Crippen molar-refractivity contribution in [2.24, 2.45) is 5.84 Å². The van der Waals surface area contributed by atoms with Crippen LogP contribution in [-0.2, 0) is 11.3 Å². The van der Waals surface area contributed by atoms with Crippen LogP contribution in [0.15, 0.2) is 0 Å². The first-order valence-electron chi connectivity index (χ1n) is 5.49. The highest BCUT2D eigenvalue weighted by molar-refractivity contribution is 7.15.